The van der Waals surface area contributed by atoms with E-state index >= 15 is 0 Å². The van der Waals surface area contributed by atoms with E-state index in [0.717, 1.165) is 16.7 Å². The fourth-order valence-electron chi connectivity index (χ4n) is 1.99. The molecule has 100 valence electrons. The van der Waals surface area contributed by atoms with E-state index < -0.39 is 23.3 Å². The molecule has 0 unspecified atom stereocenters. The van der Waals surface area contributed by atoms with Gasteiger partial charge in [0.1, 0.15) is 17.2 Å². The van der Waals surface area contributed by atoms with Crippen molar-refractivity contribution in [3.63, 3.8) is 0 Å². The number of nitrogen functional groups attached to an aromatic ring is 1. The van der Waals surface area contributed by atoms with Gasteiger partial charge in [-0.3, -0.25) is 14.9 Å². The van der Waals surface area contributed by atoms with Crippen LogP contribution in [0.1, 0.15) is 20.8 Å². The van der Waals surface area contributed by atoms with Crippen LogP contribution < -0.4 is 16.7 Å². The number of imide groups is 1. The number of nitrogens with two attached hydrogens (primary N) is 1. The van der Waals surface area contributed by atoms with Crippen LogP contribution in [0.2, 0.25) is 0 Å². The predicted molar refractivity (Wildman–Crippen MR) is 66.0 cm³/mol. The van der Waals surface area contributed by atoms with Gasteiger partial charge in [0.25, 0.3) is 11.8 Å². The molecule has 1 aromatic heterocycles. The Morgan fingerprint density at radius 1 is 1.10 bits per heavy atom. The lowest BCUT2D eigenvalue weighted by molar-refractivity contribution is 0.0878. The van der Waals surface area contributed by atoms with E-state index in [1.807, 2.05) is 5.32 Å². The molecule has 2 aromatic rings. The highest BCUT2D eigenvalue weighted by atomic mass is 19.1. The van der Waals surface area contributed by atoms with Gasteiger partial charge in [0.2, 0.25) is 0 Å². The molecule has 1 aliphatic heterocycles. The minimum Gasteiger partial charge on any atom is -0.384 e. The lowest BCUT2D eigenvalue weighted by Crippen LogP contribution is -2.27. The fraction of sp³-hybridized carbons (Fsp3) is 0. The van der Waals surface area contributed by atoms with Gasteiger partial charge < -0.3 is 5.73 Å². The number of carbonyl (C=O) groups is 2. The van der Waals surface area contributed by atoms with E-state index in [1.165, 1.54) is 12.1 Å². The van der Waals surface area contributed by atoms with E-state index in [-0.39, 0.29) is 22.8 Å². The van der Waals surface area contributed by atoms with Crippen molar-refractivity contribution in [2.45, 2.75) is 0 Å². The van der Waals surface area contributed by atoms with Gasteiger partial charge in [0.05, 0.1) is 5.69 Å². The average molecular weight is 274 g/mol. The van der Waals surface area contributed by atoms with Crippen LogP contribution in [0.3, 0.4) is 0 Å². The van der Waals surface area contributed by atoms with Gasteiger partial charge in [0.15, 0.2) is 5.69 Å². The van der Waals surface area contributed by atoms with Gasteiger partial charge in [-0.15, -0.1) is 0 Å². The van der Waals surface area contributed by atoms with E-state index in [9.17, 15) is 18.8 Å². The molecule has 2 heterocycles. The van der Waals surface area contributed by atoms with E-state index in [0.29, 0.717) is 0 Å². The SMILES string of the molecule is Nc1c2c(nc(=O)n1-c1ccc(F)cc1)C(=O)NC2=O. The fourth-order valence-corrected chi connectivity index (χ4v) is 1.99. The van der Waals surface area contributed by atoms with Crippen molar-refractivity contribution in [1.29, 1.82) is 0 Å². The summed E-state index contributed by atoms with van der Waals surface area (Å²) in [4.78, 5) is 38.5. The quantitative estimate of drug-likeness (QED) is 0.702. The van der Waals surface area contributed by atoms with Crippen LogP contribution in [0.15, 0.2) is 29.1 Å². The zero-order chi connectivity index (χ0) is 14.4. The normalized spacial score (nSPS) is 13.2. The highest BCUT2D eigenvalue weighted by molar-refractivity contribution is 6.22. The summed E-state index contributed by atoms with van der Waals surface area (Å²) in [6, 6.07) is 4.91. The Hall–Kier alpha value is -3.03. The standard InChI is InChI=1S/C12H7FN4O3/c13-5-1-3-6(4-2-5)17-9(14)7-8(15-12(17)20)11(19)16-10(7)18/h1-4H,14H2,(H,16,18,19). The van der Waals surface area contributed by atoms with Gasteiger partial charge >= 0.3 is 5.69 Å². The Bertz CT molecular complexity index is 811. The highest BCUT2D eigenvalue weighted by Gasteiger charge is 2.33. The number of benzene rings is 1. The van der Waals surface area contributed by atoms with Crippen LogP contribution in [0.25, 0.3) is 5.69 Å². The first-order chi connectivity index (χ1) is 9.49. The first kappa shape index (κ1) is 12.0. The number of halogens is 1. The summed E-state index contributed by atoms with van der Waals surface area (Å²) in [6.07, 6.45) is 0. The molecule has 7 nitrogen and oxygen atoms in total. The molecular weight excluding hydrogens is 267 g/mol. The molecule has 0 radical (unpaired) electrons. The molecular formula is C12H7FN4O3. The largest absolute Gasteiger partial charge is 0.384 e. The van der Waals surface area contributed by atoms with Crippen molar-refractivity contribution in [2.24, 2.45) is 0 Å². The van der Waals surface area contributed by atoms with Crippen molar-refractivity contribution < 1.29 is 14.0 Å². The van der Waals surface area contributed by atoms with E-state index in [1.54, 1.807) is 0 Å². The second-order valence-electron chi connectivity index (χ2n) is 4.10. The molecule has 8 heteroatoms. The Morgan fingerprint density at radius 3 is 2.40 bits per heavy atom. The zero-order valence-corrected chi connectivity index (χ0v) is 9.88. The second kappa shape index (κ2) is 3.98. The summed E-state index contributed by atoms with van der Waals surface area (Å²) < 4.78 is 13.8. The van der Waals surface area contributed by atoms with Crippen LogP contribution in [0, 0.1) is 5.82 Å². The third kappa shape index (κ3) is 1.58. The maximum Gasteiger partial charge on any atom is 0.354 e. The molecule has 0 saturated carbocycles. The van der Waals surface area contributed by atoms with Crippen LogP contribution in [0.4, 0.5) is 10.2 Å². The molecule has 20 heavy (non-hydrogen) atoms. The van der Waals surface area contributed by atoms with Crippen LogP contribution in [-0.2, 0) is 0 Å². The number of carbonyl (C=O) groups excluding carboxylic acids is 2. The van der Waals surface area contributed by atoms with E-state index in [2.05, 4.69) is 4.98 Å². The van der Waals surface area contributed by atoms with Crippen molar-refractivity contribution in [3.8, 4) is 5.69 Å². The van der Waals surface area contributed by atoms with Gasteiger partial charge in [-0.2, -0.15) is 4.98 Å². The predicted octanol–water partition coefficient (Wildman–Crippen LogP) is -0.163. The number of hydrogen-bond acceptors (Lipinski definition) is 5. The molecule has 0 saturated heterocycles. The maximum absolute atomic E-state index is 12.9. The van der Waals surface area contributed by atoms with Gasteiger partial charge in [-0.1, -0.05) is 0 Å². The molecule has 0 aliphatic carbocycles. The first-order valence-electron chi connectivity index (χ1n) is 5.53. The summed E-state index contributed by atoms with van der Waals surface area (Å²) in [7, 11) is 0. The summed E-state index contributed by atoms with van der Waals surface area (Å²) in [5.74, 6) is -2.18. The molecule has 0 atom stereocenters. The summed E-state index contributed by atoms with van der Waals surface area (Å²) in [6.45, 7) is 0. The summed E-state index contributed by atoms with van der Waals surface area (Å²) in [5.41, 5.74) is 4.75. The number of rotatable bonds is 1. The van der Waals surface area contributed by atoms with Crippen LogP contribution >= 0.6 is 0 Å². The van der Waals surface area contributed by atoms with Crippen molar-refractivity contribution in [3.05, 3.63) is 51.8 Å². The monoisotopic (exact) mass is 274 g/mol. The van der Waals surface area contributed by atoms with Crippen molar-refractivity contribution in [1.82, 2.24) is 14.9 Å². The number of nitrogens with one attached hydrogen (secondary N) is 1. The number of fused-ring (bicyclic) bond motifs is 1. The summed E-state index contributed by atoms with van der Waals surface area (Å²) in [5, 5.41) is 2.01. The van der Waals surface area contributed by atoms with Crippen molar-refractivity contribution >= 4 is 17.6 Å². The topological polar surface area (TPSA) is 107 Å². The van der Waals surface area contributed by atoms with Crippen LogP contribution in [-0.4, -0.2) is 21.4 Å². The molecule has 0 bridgehead atoms. The third-order valence-electron chi connectivity index (χ3n) is 2.89. The van der Waals surface area contributed by atoms with Gasteiger partial charge in [0, 0.05) is 0 Å². The Balaban J connectivity index is 2.31. The molecule has 3 rings (SSSR count). The Kier molecular flexibility index (Phi) is 2.40. The first-order valence-corrected chi connectivity index (χ1v) is 5.53. The number of hydrogen-bond donors (Lipinski definition) is 2. The summed E-state index contributed by atoms with van der Waals surface area (Å²) >= 11 is 0. The zero-order valence-electron chi connectivity index (χ0n) is 9.88. The van der Waals surface area contributed by atoms with Crippen molar-refractivity contribution in [2.75, 3.05) is 5.73 Å². The maximum atomic E-state index is 12.9. The smallest absolute Gasteiger partial charge is 0.354 e. The molecule has 1 aliphatic rings. The third-order valence-corrected chi connectivity index (χ3v) is 2.89. The van der Waals surface area contributed by atoms with Crippen LogP contribution in [0.5, 0.6) is 0 Å². The lowest BCUT2D eigenvalue weighted by Gasteiger charge is -2.10. The molecule has 2 amide bonds. The van der Waals surface area contributed by atoms with Gasteiger partial charge in [-0.25, -0.2) is 13.8 Å². The van der Waals surface area contributed by atoms with Gasteiger partial charge in [-0.05, 0) is 24.3 Å². The molecule has 0 fully saturated rings. The Labute approximate surface area is 110 Å². The number of amides is 2. The Morgan fingerprint density at radius 2 is 1.75 bits per heavy atom. The number of anilines is 1. The highest BCUT2D eigenvalue weighted by Crippen LogP contribution is 2.21. The molecule has 1 aromatic carbocycles. The van der Waals surface area contributed by atoms with E-state index in [4.69, 9.17) is 5.73 Å². The molecule has 0 spiro atoms. The lowest BCUT2D eigenvalue weighted by atomic mass is 10.2. The average Bonchev–Trinajstić information content (AvgIpc) is 2.67. The molecule has 3 N–H and O–H groups in total. The minimum atomic E-state index is -0.822. The number of nitrogens with zero attached hydrogens (tertiary/aromatic N) is 2. The minimum absolute atomic E-state index is 0.154. The second-order valence-corrected chi connectivity index (χ2v) is 4.10. The number of aromatic nitrogens is 2.